The lowest BCUT2D eigenvalue weighted by atomic mass is 10.0. The van der Waals surface area contributed by atoms with Crippen LogP contribution < -0.4 is 10.6 Å². The molecule has 4 nitrogen and oxygen atoms in total. The topological polar surface area (TPSA) is 61.4 Å². The zero-order chi connectivity index (χ0) is 16.8. The van der Waals surface area contributed by atoms with Crippen LogP contribution in [0.25, 0.3) is 0 Å². The molecule has 0 fully saturated rings. The normalized spacial score (nSPS) is 14.0. The average molecular weight is 324 g/mol. The molecular formula is C20H24N2O2. The Morgan fingerprint density at radius 1 is 1.08 bits per heavy atom. The molecule has 0 radical (unpaired) electrons. The highest BCUT2D eigenvalue weighted by atomic mass is 16.3. The summed E-state index contributed by atoms with van der Waals surface area (Å²) in [5, 5.41) is 15.1. The molecule has 24 heavy (non-hydrogen) atoms. The van der Waals surface area contributed by atoms with Gasteiger partial charge in [-0.25, -0.2) is 4.79 Å². The van der Waals surface area contributed by atoms with Crippen molar-refractivity contribution in [1.82, 2.24) is 5.32 Å². The van der Waals surface area contributed by atoms with Gasteiger partial charge >= 0.3 is 6.03 Å². The number of aryl methyl sites for hydroxylation is 2. The van der Waals surface area contributed by atoms with E-state index < -0.39 is 0 Å². The fraction of sp³-hybridized carbons (Fsp3) is 0.350. The summed E-state index contributed by atoms with van der Waals surface area (Å²) in [5.74, 6) is 0. The minimum absolute atomic E-state index is 0.104. The lowest BCUT2D eigenvalue weighted by Crippen LogP contribution is -2.32. The number of anilines is 1. The summed E-state index contributed by atoms with van der Waals surface area (Å²) in [7, 11) is 0. The highest BCUT2D eigenvalue weighted by Gasteiger charge is 2.15. The molecule has 1 aliphatic rings. The predicted molar refractivity (Wildman–Crippen MR) is 96.1 cm³/mol. The van der Waals surface area contributed by atoms with Crippen LogP contribution in [0.3, 0.4) is 0 Å². The number of aliphatic hydroxyl groups is 1. The number of rotatable bonds is 6. The molecule has 1 aliphatic carbocycles. The molecule has 0 spiro atoms. The number of hydrogen-bond acceptors (Lipinski definition) is 2. The molecule has 2 amide bonds. The van der Waals surface area contributed by atoms with E-state index in [1.54, 1.807) is 0 Å². The Kier molecular flexibility index (Phi) is 5.49. The molecule has 0 aromatic heterocycles. The number of hydrogen-bond donors (Lipinski definition) is 3. The lowest BCUT2D eigenvalue weighted by Gasteiger charge is -2.19. The first-order valence-corrected chi connectivity index (χ1v) is 8.61. The van der Waals surface area contributed by atoms with Crippen molar-refractivity contribution in [2.24, 2.45) is 0 Å². The van der Waals surface area contributed by atoms with Gasteiger partial charge in [-0.15, -0.1) is 0 Å². The van der Waals surface area contributed by atoms with E-state index in [0.29, 0.717) is 12.8 Å². The molecule has 0 aliphatic heterocycles. The van der Waals surface area contributed by atoms with Crippen LogP contribution in [0.4, 0.5) is 10.5 Å². The highest BCUT2D eigenvalue weighted by Crippen LogP contribution is 2.25. The van der Waals surface area contributed by atoms with E-state index in [2.05, 4.69) is 22.8 Å². The number of urea groups is 1. The minimum atomic E-state index is -0.209. The Morgan fingerprint density at radius 3 is 2.67 bits per heavy atom. The molecule has 2 aromatic rings. The summed E-state index contributed by atoms with van der Waals surface area (Å²) in [6.07, 6.45) is 4.79. The van der Waals surface area contributed by atoms with Crippen LogP contribution in [0.15, 0.2) is 48.5 Å². The van der Waals surface area contributed by atoms with Gasteiger partial charge in [-0.1, -0.05) is 36.4 Å². The van der Waals surface area contributed by atoms with Crippen LogP contribution in [-0.2, 0) is 12.8 Å². The molecule has 1 unspecified atom stereocenters. The van der Waals surface area contributed by atoms with E-state index >= 15 is 0 Å². The smallest absolute Gasteiger partial charge is 0.319 e. The SMILES string of the molecule is O=C(Nc1ccc2c(c1)CCC2)NC(CCCO)c1ccccc1. The molecule has 0 saturated carbocycles. The van der Waals surface area contributed by atoms with E-state index in [-0.39, 0.29) is 18.7 Å². The van der Waals surface area contributed by atoms with Gasteiger partial charge in [0.05, 0.1) is 6.04 Å². The number of amides is 2. The largest absolute Gasteiger partial charge is 0.396 e. The molecule has 3 N–H and O–H groups in total. The summed E-state index contributed by atoms with van der Waals surface area (Å²) in [6.45, 7) is 0.122. The summed E-state index contributed by atoms with van der Waals surface area (Å²) in [6, 6.07) is 15.7. The Balaban J connectivity index is 1.64. The molecule has 3 rings (SSSR count). The van der Waals surface area contributed by atoms with Gasteiger partial charge in [0.1, 0.15) is 0 Å². The number of fused-ring (bicyclic) bond motifs is 1. The standard InChI is InChI=1S/C20H24N2O2/c23-13-5-10-19(16-6-2-1-3-7-16)22-20(24)21-18-12-11-15-8-4-9-17(15)14-18/h1-3,6-7,11-12,14,19,23H,4-5,8-10,13H2,(H2,21,22,24). The number of aliphatic hydroxyl groups excluding tert-OH is 1. The first kappa shape index (κ1) is 16.5. The van der Waals surface area contributed by atoms with Crippen LogP contribution in [0.1, 0.15) is 42.0 Å². The third-order valence-electron chi connectivity index (χ3n) is 4.51. The Morgan fingerprint density at radius 2 is 1.88 bits per heavy atom. The zero-order valence-electron chi connectivity index (χ0n) is 13.8. The van der Waals surface area contributed by atoms with Gasteiger partial charge in [0.2, 0.25) is 0 Å². The molecule has 1 atom stereocenters. The second kappa shape index (κ2) is 7.97. The number of carbonyl (C=O) groups excluding carboxylic acids is 1. The molecule has 0 heterocycles. The fourth-order valence-electron chi connectivity index (χ4n) is 3.28. The zero-order valence-corrected chi connectivity index (χ0v) is 13.8. The van der Waals surface area contributed by atoms with Crippen molar-refractivity contribution in [2.45, 2.75) is 38.1 Å². The van der Waals surface area contributed by atoms with E-state index in [1.165, 1.54) is 17.5 Å². The predicted octanol–water partition coefficient (Wildman–Crippen LogP) is 3.81. The second-order valence-corrected chi connectivity index (χ2v) is 6.26. The molecular weight excluding hydrogens is 300 g/mol. The van der Waals surface area contributed by atoms with Crippen LogP contribution in [0.2, 0.25) is 0 Å². The monoisotopic (exact) mass is 324 g/mol. The molecule has 126 valence electrons. The summed E-state index contributed by atoms with van der Waals surface area (Å²) >= 11 is 0. The number of nitrogens with one attached hydrogen (secondary N) is 2. The summed E-state index contributed by atoms with van der Waals surface area (Å²) in [5.41, 5.74) is 4.62. The quantitative estimate of drug-likeness (QED) is 0.756. The maximum atomic E-state index is 12.4. The van der Waals surface area contributed by atoms with E-state index in [0.717, 1.165) is 24.1 Å². The molecule has 0 saturated heterocycles. The first-order valence-electron chi connectivity index (χ1n) is 8.61. The maximum absolute atomic E-state index is 12.4. The first-order chi connectivity index (χ1) is 11.8. The summed E-state index contributed by atoms with van der Waals surface area (Å²) in [4.78, 5) is 12.4. The second-order valence-electron chi connectivity index (χ2n) is 6.26. The van der Waals surface area contributed by atoms with Crippen molar-refractivity contribution < 1.29 is 9.90 Å². The van der Waals surface area contributed by atoms with Crippen LogP contribution >= 0.6 is 0 Å². The summed E-state index contributed by atoms with van der Waals surface area (Å²) < 4.78 is 0. The third-order valence-corrected chi connectivity index (χ3v) is 4.51. The molecule has 0 bridgehead atoms. The van der Waals surface area contributed by atoms with Crippen molar-refractivity contribution >= 4 is 11.7 Å². The van der Waals surface area contributed by atoms with Gasteiger partial charge in [-0.3, -0.25) is 0 Å². The Labute approximate surface area is 142 Å². The third kappa shape index (κ3) is 4.15. The van der Waals surface area contributed by atoms with Crippen molar-refractivity contribution in [3.63, 3.8) is 0 Å². The van der Waals surface area contributed by atoms with E-state index in [1.807, 2.05) is 36.4 Å². The van der Waals surface area contributed by atoms with Crippen molar-refractivity contribution in [3.05, 3.63) is 65.2 Å². The Bertz CT molecular complexity index is 685. The van der Waals surface area contributed by atoms with Gasteiger partial charge in [0.15, 0.2) is 0 Å². The van der Waals surface area contributed by atoms with Crippen LogP contribution in [0.5, 0.6) is 0 Å². The van der Waals surface area contributed by atoms with Gasteiger partial charge in [0.25, 0.3) is 0 Å². The fourth-order valence-corrected chi connectivity index (χ4v) is 3.28. The lowest BCUT2D eigenvalue weighted by molar-refractivity contribution is 0.244. The highest BCUT2D eigenvalue weighted by molar-refractivity contribution is 5.89. The van der Waals surface area contributed by atoms with Crippen molar-refractivity contribution in [2.75, 3.05) is 11.9 Å². The van der Waals surface area contributed by atoms with Crippen LogP contribution in [-0.4, -0.2) is 17.7 Å². The van der Waals surface area contributed by atoms with Gasteiger partial charge < -0.3 is 15.7 Å². The average Bonchev–Trinajstić information content (AvgIpc) is 3.07. The van der Waals surface area contributed by atoms with E-state index in [4.69, 9.17) is 5.11 Å². The van der Waals surface area contributed by atoms with Gasteiger partial charge in [0, 0.05) is 12.3 Å². The van der Waals surface area contributed by atoms with Gasteiger partial charge in [-0.05, 0) is 60.9 Å². The van der Waals surface area contributed by atoms with Gasteiger partial charge in [-0.2, -0.15) is 0 Å². The van der Waals surface area contributed by atoms with Crippen LogP contribution in [0, 0.1) is 0 Å². The van der Waals surface area contributed by atoms with Crippen molar-refractivity contribution in [1.29, 1.82) is 0 Å². The number of benzene rings is 2. The maximum Gasteiger partial charge on any atom is 0.319 e. The van der Waals surface area contributed by atoms with E-state index in [9.17, 15) is 4.79 Å². The minimum Gasteiger partial charge on any atom is -0.396 e. The molecule has 4 heteroatoms. The molecule has 2 aromatic carbocycles. The Hall–Kier alpha value is -2.33. The number of carbonyl (C=O) groups is 1. The van der Waals surface area contributed by atoms with Crippen molar-refractivity contribution in [3.8, 4) is 0 Å².